The summed E-state index contributed by atoms with van der Waals surface area (Å²) >= 11 is 0. The molecule has 1 amide bonds. The Morgan fingerprint density at radius 1 is 1.24 bits per heavy atom. The van der Waals surface area contributed by atoms with Crippen molar-refractivity contribution in [1.82, 2.24) is 4.90 Å². The molecule has 0 saturated carbocycles. The van der Waals surface area contributed by atoms with E-state index >= 15 is 0 Å². The fraction of sp³-hybridized carbons (Fsp3) is 0.500. The van der Waals surface area contributed by atoms with Crippen LogP contribution in [0.15, 0.2) is 30.3 Å². The van der Waals surface area contributed by atoms with Gasteiger partial charge in [0, 0.05) is 19.6 Å². The van der Waals surface area contributed by atoms with Gasteiger partial charge in [0.2, 0.25) is 5.91 Å². The summed E-state index contributed by atoms with van der Waals surface area (Å²) in [4.78, 5) is 13.5. The van der Waals surface area contributed by atoms with Crippen molar-refractivity contribution in [3.05, 3.63) is 35.9 Å². The zero-order chi connectivity index (χ0) is 15.7. The molecule has 0 spiro atoms. The van der Waals surface area contributed by atoms with Crippen LogP contribution in [-0.2, 0) is 16.1 Å². The summed E-state index contributed by atoms with van der Waals surface area (Å²) in [7, 11) is 0. The Balaban J connectivity index is 2.42. The molecule has 118 valence electrons. The smallest absolute Gasteiger partial charge is 0.372 e. The first-order valence-corrected chi connectivity index (χ1v) is 6.58. The summed E-state index contributed by atoms with van der Waals surface area (Å²) in [6.07, 6.45) is -4.47. The van der Waals surface area contributed by atoms with E-state index in [9.17, 15) is 18.0 Å². The van der Waals surface area contributed by atoms with Crippen molar-refractivity contribution in [3.8, 4) is 0 Å². The van der Waals surface area contributed by atoms with Crippen molar-refractivity contribution >= 4 is 5.91 Å². The molecular weight excluding hydrogens is 285 g/mol. The average molecular weight is 304 g/mol. The second-order valence-electron chi connectivity index (χ2n) is 4.51. The molecule has 0 aliphatic rings. The standard InChI is InChI=1S/C14H19F3N2O2/c15-14(16,17)11-21-9-6-13(20)19(8-7-18)10-12-4-2-1-3-5-12/h1-5H,6-11,18H2. The zero-order valence-electron chi connectivity index (χ0n) is 11.6. The van der Waals surface area contributed by atoms with Crippen molar-refractivity contribution < 1.29 is 22.7 Å². The number of carbonyl (C=O) groups is 1. The van der Waals surface area contributed by atoms with Crippen LogP contribution in [0.2, 0.25) is 0 Å². The van der Waals surface area contributed by atoms with Gasteiger partial charge in [-0.3, -0.25) is 4.79 Å². The number of hydrogen-bond acceptors (Lipinski definition) is 3. The van der Waals surface area contributed by atoms with Crippen LogP contribution in [-0.4, -0.2) is 43.3 Å². The lowest BCUT2D eigenvalue weighted by atomic mass is 10.2. The Bertz CT molecular complexity index is 424. The molecule has 1 aromatic carbocycles. The van der Waals surface area contributed by atoms with E-state index in [4.69, 9.17) is 5.73 Å². The minimum atomic E-state index is -4.37. The third-order valence-corrected chi connectivity index (χ3v) is 2.69. The van der Waals surface area contributed by atoms with E-state index in [0.717, 1.165) is 5.56 Å². The maximum atomic E-state index is 12.0. The summed E-state index contributed by atoms with van der Waals surface area (Å²) in [5.74, 6) is -0.272. The van der Waals surface area contributed by atoms with E-state index in [0.29, 0.717) is 19.6 Å². The summed E-state index contributed by atoms with van der Waals surface area (Å²) in [6, 6.07) is 9.32. The number of benzene rings is 1. The van der Waals surface area contributed by atoms with Gasteiger partial charge in [-0.15, -0.1) is 0 Å². The molecule has 21 heavy (non-hydrogen) atoms. The minimum absolute atomic E-state index is 0.0943. The lowest BCUT2D eigenvalue weighted by Crippen LogP contribution is -2.35. The molecule has 0 atom stereocenters. The molecule has 0 radical (unpaired) electrons. The van der Waals surface area contributed by atoms with Gasteiger partial charge in [-0.2, -0.15) is 13.2 Å². The van der Waals surface area contributed by atoms with Crippen molar-refractivity contribution in [1.29, 1.82) is 0 Å². The van der Waals surface area contributed by atoms with Gasteiger partial charge in [0.25, 0.3) is 0 Å². The van der Waals surface area contributed by atoms with Gasteiger partial charge in [0.1, 0.15) is 6.61 Å². The average Bonchev–Trinajstić information content (AvgIpc) is 2.43. The lowest BCUT2D eigenvalue weighted by Gasteiger charge is -2.22. The fourth-order valence-electron chi connectivity index (χ4n) is 1.76. The highest BCUT2D eigenvalue weighted by atomic mass is 19.4. The summed E-state index contributed by atoms with van der Waals surface area (Å²) in [6.45, 7) is -0.560. The molecule has 1 aromatic rings. The van der Waals surface area contributed by atoms with E-state index in [1.165, 1.54) is 4.90 Å². The number of nitrogens with two attached hydrogens (primary N) is 1. The van der Waals surface area contributed by atoms with Crippen molar-refractivity contribution in [2.45, 2.75) is 19.1 Å². The van der Waals surface area contributed by atoms with Crippen LogP contribution in [0.4, 0.5) is 13.2 Å². The molecule has 0 heterocycles. The van der Waals surface area contributed by atoms with E-state index in [1.54, 1.807) is 0 Å². The Kier molecular flexibility index (Phi) is 7.18. The summed E-state index contributed by atoms with van der Waals surface area (Å²) in [5.41, 5.74) is 6.40. The number of hydrogen-bond donors (Lipinski definition) is 1. The van der Waals surface area contributed by atoms with Crippen LogP contribution in [0.5, 0.6) is 0 Å². The molecule has 0 aliphatic heterocycles. The molecule has 0 bridgehead atoms. The fourth-order valence-corrected chi connectivity index (χ4v) is 1.76. The molecule has 0 aliphatic carbocycles. The first-order chi connectivity index (χ1) is 9.92. The van der Waals surface area contributed by atoms with Crippen molar-refractivity contribution in [2.24, 2.45) is 5.73 Å². The Hall–Kier alpha value is -1.60. The Morgan fingerprint density at radius 2 is 1.90 bits per heavy atom. The van der Waals surface area contributed by atoms with Gasteiger partial charge in [-0.1, -0.05) is 30.3 Å². The molecule has 1 rings (SSSR count). The number of halogens is 3. The van der Waals surface area contributed by atoms with Gasteiger partial charge < -0.3 is 15.4 Å². The maximum Gasteiger partial charge on any atom is 0.411 e. The van der Waals surface area contributed by atoms with Crippen molar-refractivity contribution in [3.63, 3.8) is 0 Å². The van der Waals surface area contributed by atoms with E-state index in [-0.39, 0.29) is 18.9 Å². The first kappa shape index (κ1) is 17.5. The predicted molar refractivity (Wildman–Crippen MR) is 72.4 cm³/mol. The van der Waals surface area contributed by atoms with E-state index < -0.39 is 12.8 Å². The molecule has 7 heteroatoms. The van der Waals surface area contributed by atoms with Crippen LogP contribution in [0.25, 0.3) is 0 Å². The maximum absolute atomic E-state index is 12.0. The molecule has 0 aromatic heterocycles. The number of amides is 1. The SMILES string of the molecule is NCCN(Cc1ccccc1)C(=O)CCOCC(F)(F)F. The van der Waals surface area contributed by atoms with Crippen LogP contribution >= 0.6 is 0 Å². The normalized spacial score (nSPS) is 11.4. The minimum Gasteiger partial charge on any atom is -0.372 e. The predicted octanol–water partition coefficient (Wildman–Crippen LogP) is 1.94. The number of rotatable bonds is 8. The lowest BCUT2D eigenvalue weighted by molar-refractivity contribution is -0.175. The largest absolute Gasteiger partial charge is 0.411 e. The molecule has 0 saturated heterocycles. The molecule has 0 fully saturated rings. The van der Waals surface area contributed by atoms with Crippen molar-refractivity contribution in [2.75, 3.05) is 26.3 Å². The highest BCUT2D eigenvalue weighted by molar-refractivity contribution is 5.76. The topological polar surface area (TPSA) is 55.6 Å². The van der Waals surface area contributed by atoms with Crippen LogP contribution in [0.1, 0.15) is 12.0 Å². The molecular formula is C14H19F3N2O2. The third-order valence-electron chi connectivity index (χ3n) is 2.69. The second-order valence-corrected chi connectivity index (χ2v) is 4.51. The van der Waals surface area contributed by atoms with Gasteiger partial charge >= 0.3 is 6.18 Å². The third kappa shape index (κ3) is 7.67. The highest BCUT2D eigenvalue weighted by Crippen LogP contribution is 2.14. The van der Waals surface area contributed by atoms with Gasteiger partial charge in [0.15, 0.2) is 0 Å². The monoisotopic (exact) mass is 304 g/mol. The summed E-state index contributed by atoms with van der Waals surface area (Å²) in [5, 5.41) is 0. The summed E-state index contributed by atoms with van der Waals surface area (Å²) < 4.78 is 40.2. The van der Waals surface area contributed by atoms with E-state index in [1.807, 2.05) is 30.3 Å². The molecule has 0 unspecified atom stereocenters. The molecule has 2 N–H and O–H groups in total. The quantitative estimate of drug-likeness (QED) is 0.747. The number of carbonyl (C=O) groups excluding carboxylic acids is 1. The van der Waals surface area contributed by atoms with Gasteiger partial charge in [0.05, 0.1) is 13.0 Å². The number of alkyl halides is 3. The van der Waals surface area contributed by atoms with Gasteiger partial charge in [-0.05, 0) is 5.56 Å². The van der Waals surface area contributed by atoms with E-state index in [2.05, 4.69) is 4.74 Å². The van der Waals surface area contributed by atoms with Crippen LogP contribution in [0.3, 0.4) is 0 Å². The highest BCUT2D eigenvalue weighted by Gasteiger charge is 2.27. The Morgan fingerprint density at radius 3 is 2.48 bits per heavy atom. The molecule has 4 nitrogen and oxygen atoms in total. The first-order valence-electron chi connectivity index (χ1n) is 6.58. The Labute approximate surface area is 121 Å². The zero-order valence-corrected chi connectivity index (χ0v) is 11.6. The van der Waals surface area contributed by atoms with Crippen LogP contribution < -0.4 is 5.73 Å². The number of nitrogens with zero attached hydrogens (tertiary/aromatic N) is 1. The van der Waals surface area contributed by atoms with Crippen LogP contribution in [0, 0.1) is 0 Å². The van der Waals surface area contributed by atoms with Gasteiger partial charge in [-0.25, -0.2) is 0 Å². The number of ether oxygens (including phenoxy) is 1. The second kappa shape index (κ2) is 8.63.